The third-order valence-electron chi connectivity index (χ3n) is 5.70. The lowest BCUT2D eigenvalue weighted by Gasteiger charge is -2.25. The number of carbonyl (C=O) groups is 1. The van der Waals surface area contributed by atoms with Crippen LogP contribution in [0.4, 0.5) is 0 Å². The van der Waals surface area contributed by atoms with E-state index in [4.69, 9.17) is 0 Å². The number of amides is 1. The first kappa shape index (κ1) is 17.8. The number of aryl methyl sites for hydroxylation is 1. The molecule has 1 saturated heterocycles. The molecule has 0 bridgehead atoms. The Labute approximate surface area is 160 Å². The standard InChI is InChI=1S/C23H27N3O/c1-17(19-11-5-9-18-8-3-4-10-20(18)19)24-23(27)16-26-15-7-13-22(26)21-12-6-14-25(21)2/h3-6,8-12,14,17,22H,7,13,15-16H2,1-2H3,(H,24,27). The quantitative estimate of drug-likeness (QED) is 0.740. The molecule has 1 aliphatic heterocycles. The minimum absolute atomic E-state index is 0.0142. The second-order valence-corrected chi connectivity index (χ2v) is 7.53. The maximum atomic E-state index is 12.8. The molecule has 0 aliphatic carbocycles. The smallest absolute Gasteiger partial charge is 0.234 e. The van der Waals surface area contributed by atoms with Crippen molar-refractivity contribution >= 4 is 16.7 Å². The molecule has 2 heterocycles. The third-order valence-corrected chi connectivity index (χ3v) is 5.70. The molecule has 3 aromatic rings. The summed E-state index contributed by atoms with van der Waals surface area (Å²) in [6, 6.07) is 19.2. The Kier molecular flexibility index (Phi) is 4.99. The number of aromatic nitrogens is 1. The van der Waals surface area contributed by atoms with Crippen molar-refractivity contribution in [2.75, 3.05) is 13.1 Å². The number of hydrogen-bond donors (Lipinski definition) is 1. The highest BCUT2D eigenvalue weighted by atomic mass is 16.2. The lowest BCUT2D eigenvalue weighted by atomic mass is 10.00. The summed E-state index contributed by atoms with van der Waals surface area (Å²) in [4.78, 5) is 15.1. The van der Waals surface area contributed by atoms with E-state index in [0.717, 1.165) is 19.4 Å². The number of hydrogen-bond acceptors (Lipinski definition) is 2. The van der Waals surface area contributed by atoms with Crippen molar-refractivity contribution < 1.29 is 4.79 Å². The molecule has 27 heavy (non-hydrogen) atoms. The number of likely N-dealkylation sites (tertiary alicyclic amines) is 1. The van der Waals surface area contributed by atoms with Crippen LogP contribution in [-0.2, 0) is 11.8 Å². The topological polar surface area (TPSA) is 37.3 Å². The maximum absolute atomic E-state index is 12.8. The van der Waals surface area contributed by atoms with Gasteiger partial charge in [-0.2, -0.15) is 0 Å². The molecule has 1 fully saturated rings. The second-order valence-electron chi connectivity index (χ2n) is 7.53. The highest BCUT2D eigenvalue weighted by molar-refractivity contribution is 5.87. The van der Waals surface area contributed by atoms with Gasteiger partial charge in [-0.1, -0.05) is 42.5 Å². The molecule has 140 valence electrons. The maximum Gasteiger partial charge on any atom is 0.234 e. The lowest BCUT2D eigenvalue weighted by molar-refractivity contribution is -0.123. The Bertz CT molecular complexity index is 940. The summed E-state index contributed by atoms with van der Waals surface area (Å²) in [5.74, 6) is 0.0940. The van der Waals surface area contributed by atoms with E-state index in [0.29, 0.717) is 12.6 Å². The highest BCUT2D eigenvalue weighted by Crippen LogP contribution is 2.31. The molecule has 1 N–H and O–H groups in total. The summed E-state index contributed by atoms with van der Waals surface area (Å²) in [6.07, 6.45) is 4.33. The summed E-state index contributed by atoms with van der Waals surface area (Å²) in [5.41, 5.74) is 2.46. The fourth-order valence-electron chi connectivity index (χ4n) is 4.35. The predicted molar refractivity (Wildman–Crippen MR) is 109 cm³/mol. The minimum atomic E-state index is -0.0142. The van der Waals surface area contributed by atoms with Crippen molar-refractivity contribution in [2.24, 2.45) is 7.05 Å². The van der Waals surface area contributed by atoms with Gasteiger partial charge >= 0.3 is 0 Å². The number of rotatable bonds is 5. The molecule has 1 aromatic heterocycles. The van der Waals surface area contributed by atoms with Gasteiger partial charge in [-0.3, -0.25) is 9.69 Å². The zero-order valence-electron chi connectivity index (χ0n) is 16.1. The van der Waals surface area contributed by atoms with Crippen molar-refractivity contribution in [2.45, 2.75) is 31.8 Å². The molecule has 1 amide bonds. The number of nitrogens with one attached hydrogen (secondary N) is 1. The van der Waals surface area contributed by atoms with Crippen molar-refractivity contribution in [1.29, 1.82) is 0 Å². The van der Waals surface area contributed by atoms with Crippen LogP contribution in [0.3, 0.4) is 0 Å². The van der Waals surface area contributed by atoms with Crippen LogP contribution in [0.2, 0.25) is 0 Å². The van der Waals surface area contributed by atoms with Crippen LogP contribution in [-0.4, -0.2) is 28.5 Å². The number of carbonyl (C=O) groups excluding carboxylic acids is 1. The predicted octanol–water partition coefficient (Wildman–Crippen LogP) is 4.19. The Morgan fingerprint density at radius 3 is 2.78 bits per heavy atom. The molecule has 0 spiro atoms. The molecule has 0 radical (unpaired) electrons. The summed E-state index contributed by atoms with van der Waals surface area (Å²) in [6.45, 7) is 3.50. The number of benzene rings is 2. The Morgan fingerprint density at radius 1 is 1.15 bits per heavy atom. The van der Waals surface area contributed by atoms with Gasteiger partial charge in [0.25, 0.3) is 0 Å². The van der Waals surface area contributed by atoms with E-state index in [9.17, 15) is 4.79 Å². The van der Waals surface area contributed by atoms with Crippen LogP contribution in [0.25, 0.3) is 10.8 Å². The van der Waals surface area contributed by atoms with E-state index in [-0.39, 0.29) is 11.9 Å². The van der Waals surface area contributed by atoms with Gasteiger partial charge in [-0.25, -0.2) is 0 Å². The van der Waals surface area contributed by atoms with Gasteiger partial charge in [-0.05, 0) is 54.8 Å². The Hall–Kier alpha value is -2.59. The van der Waals surface area contributed by atoms with Crippen LogP contribution in [0.1, 0.15) is 43.1 Å². The first-order valence-corrected chi connectivity index (χ1v) is 9.76. The average molecular weight is 361 g/mol. The highest BCUT2D eigenvalue weighted by Gasteiger charge is 2.29. The van der Waals surface area contributed by atoms with Crippen molar-refractivity contribution in [3.63, 3.8) is 0 Å². The van der Waals surface area contributed by atoms with E-state index in [2.05, 4.69) is 83.5 Å². The first-order chi connectivity index (χ1) is 13.1. The van der Waals surface area contributed by atoms with Gasteiger partial charge in [0.05, 0.1) is 18.6 Å². The van der Waals surface area contributed by atoms with Crippen molar-refractivity contribution in [3.8, 4) is 0 Å². The van der Waals surface area contributed by atoms with Crippen LogP contribution >= 0.6 is 0 Å². The molecule has 2 aromatic carbocycles. The molecule has 0 saturated carbocycles. The fraction of sp³-hybridized carbons (Fsp3) is 0.348. The van der Waals surface area contributed by atoms with Crippen LogP contribution in [0.15, 0.2) is 60.8 Å². The normalized spacial score (nSPS) is 18.7. The van der Waals surface area contributed by atoms with Gasteiger partial charge < -0.3 is 9.88 Å². The molecule has 4 rings (SSSR count). The van der Waals surface area contributed by atoms with Gasteiger partial charge in [0.1, 0.15) is 0 Å². The van der Waals surface area contributed by atoms with Crippen molar-refractivity contribution in [1.82, 2.24) is 14.8 Å². The van der Waals surface area contributed by atoms with Crippen LogP contribution in [0, 0.1) is 0 Å². The fourth-order valence-corrected chi connectivity index (χ4v) is 4.35. The molecule has 2 atom stereocenters. The monoisotopic (exact) mass is 361 g/mol. The van der Waals surface area contributed by atoms with E-state index in [1.807, 2.05) is 6.07 Å². The van der Waals surface area contributed by atoms with Gasteiger partial charge in [0.2, 0.25) is 5.91 Å². The molecular weight excluding hydrogens is 334 g/mol. The van der Waals surface area contributed by atoms with Gasteiger partial charge in [0, 0.05) is 18.9 Å². The molecule has 1 aliphatic rings. The van der Waals surface area contributed by atoms with E-state index < -0.39 is 0 Å². The number of nitrogens with zero attached hydrogens (tertiary/aromatic N) is 2. The van der Waals surface area contributed by atoms with Crippen LogP contribution in [0.5, 0.6) is 0 Å². The molecule has 4 heteroatoms. The largest absolute Gasteiger partial charge is 0.353 e. The average Bonchev–Trinajstić information content (AvgIpc) is 3.29. The summed E-state index contributed by atoms with van der Waals surface area (Å²) in [7, 11) is 2.08. The minimum Gasteiger partial charge on any atom is -0.353 e. The third kappa shape index (κ3) is 3.62. The Balaban J connectivity index is 1.45. The molecule has 4 nitrogen and oxygen atoms in total. The summed E-state index contributed by atoms with van der Waals surface area (Å²) < 4.78 is 2.17. The SMILES string of the molecule is CC(NC(=O)CN1CCCC1c1cccn1C)c1cccc2ccccc12. The summed E-state index contributed by atoms with van der Waals surface area (Å²) in [5, 5.41) is 5.62. The second kappa shape index (κ2) is 7.57. The lowest BCUT2D eigenvalue weighted by Crippen LogP contribution is -2.38. The van der Waals surface area contributed by atoms with E-state index >= 15 is 0 Å². The zero-order valence-corrected chi connectivity index (χ0v) is 16.1. The van der Waals surface area contributed by atoms with Gasteiger partial charge in [0.15, 0.2) is 0 Å². The molecule has 2 unspecified atom stereocenters. The van der Waals surface area contributed by atoms with E-state index in [1.165, 1.54) is 22.0 Å². The summed E-state index contributed by atoms with van der Waals surface area (Å²) >= 11 is 0. The van der Waals surface area contributed by atoms with E-state index in [1.54, 1.807) is 0 Å². The van der Waals surface area contributed by atoms with Crippen LogP contribution < -0.4 is 5.32 Å². The van der Waals surface area contributed by atoms with Crippen molar-refractivity contribution in [3.05, 3.63) is 72.1 Å². The Morgan fingerprint density at radius 2 is 1.96 bits per heavy atom. The zero-order chi connectivity index (χ0) is 18.8. The molecular formula is C23H27N3O. The number of fused-ring (bicyclic) bond motifs is 1. The first-order valence-electron chi connectivity index (χ1n) is 9.76. The van der Waals surface area contributed by atoms with Gasteiger partial charge in [-0.15, -0.1) is 0 Å².